The van der Waals surface area contributed by atoms with E-state index in [0.717, 1.165) is 12.8 Å². The average molecular weight is 239 g/mol. The molecule has 0 fully saturated rings. The molecular weight excluding hydrogens is 214 g/mol. The van der Waals surface area contributed by atoms with E-state index >= 15 is 0 Å². The summed E-state index contributed by atoms with van der Waals surface area (Å²) in [4.78, 5) is 11.2. The molecule has 1 amide bonds. The van der Waals surface area contributed by atoms with Crippen LogP contribution in [0, 0.1) is 0 Å². The molecule has 0 spiro atoms. The van der Waals surface area contributed by atoms with Crippen LogP contribution in [-0.4, -0.2) is 19.2 Å². The number of carbonyl (C=O) groups is 1. The molecule has 0 aliphatic carbocycles. The third-order valence-electron chi connectivity index (χ3n) is 3.03. The number of hydrogen-bond donors (Lipinski definition) is 1. The highest BCUT2D eigenvalue weighted by Crippen LogP contribution is 2.10. The van der Waals surface area contributed by atoms with E-state index in [1.54, 1.807) is 0 Å². The van der Waals surface area contributed by atoms with Crippen LogP contribution in [0.2, 0.25) is 0 Å². The lowest BCUT2D eigenvalue weighted by molar-refractivity contribution is 0.145. The van der Waals surface area contributed by atoms with Gasteiger partial charge in [-0.05, 0) is 19.3 Å². The largest absolute Gasteiger partial charge is 0.450 e. The van der Waals surface area contributed by atoms with E-state index in [-0.39, 0.29) is 6.09 Å². The first-order chi connectivity index (χ1) is 8.39. The van der Waals surface area contributed by atoms with Gasteiger partial charge in [0.2, 0.25) is 0 Å². The third kappa shape index (κ3) is 8.78. The van der Waals surface area contributed by atoms with Crippen molar-refractivity contribution in [3.63, 3.8) is 0 Å². The molecule has 3 heteroatoms. The van der Waals surface area contributed by atoms with E-state index in [1.165, 1.54) is 44.9 Å². The van der Waals surface area contributed by atoms with Crippen LogP contribution in [0.25, 0.3) is 0 Å². The maximum absolute atomic E-state index is 11.2. The van der Waals surface area contributed by atoms with E-state index in [9.17, 15) is 4.79 Å². The Bertz CT molecular complexity index is 226. The zero-order chi connectivity index (χ0) is 12.2. The van der Waals surface area contributed by atoms with Crippen molar-refractivity contribution in [1.29, 1.82) is 0 Å². The molecule has 0 saturated heterocycles. The lowest BCUT2D eigenvalue weighted by Gasteiger charge is -2.06. The number of carbonyl (C=O) groups excluding carboxylic acids is 1. The Balaban J connectivity index is 2.19. The maximum atomic E-state index is 11.2. The fourth-order valence-electron chi connectivity index (χ4n) is 1.98. The fourth-order valence-corrected chi connectivity index (χ4v) is 1.98. The minimum absolute atomic E-state index is 0.290. The summed E-state index contributed by atoms with van der Waals surface area (Å²) < 4.78 is 5.06. The molecule has 0 aromatic rings. The van der Waals surface area contributed by atoms with Gasteiger partial charge in [0.1, 0.15) is 0 Å². The van der Waals surface area contributed by atoms with E-state index < -0.39 is 0 Å². The quantitative estimate of drug-likeness (QED) is 0.653. The van der Waals surface area contributed by atoms with Gasteiger partial charge in [-0.1, -0.05) is 50.7 Å². The van der Waals surface area contributed by atoms with Gasteiger partial charge in [0.15, 0.2) is 0 Å². The molecule has 0 radical (unpaired) electrons. The molecule has 0 unspecified atom stereocenters. The van der Waals surface area contributed by atoms with Gasteiger partial charge in [-0.25, -0.2) is 4.79 Å². The van der Waals surface area contributed by atoms with Gasteiger partial charge < -0.3 is 10.1 Å². The molecule has 0 aromatic heterocycles. The topological polar surface area (TPSA) is 38.3 Å². The van der Waals surface area contributed by atoms with Crippen molar-refractivity contribution in [1.82, 2.24) is 5.32 Å². The lowest BCUT2D eigenvalue weighted by Crippen LogP contribution is -2.24. The molecule has 0 saturated carbocycles. The van der Waals surface area contributed by atoms with Crippen LogP contribution in [0.3, 0.4) is 0 Å². The SMILES string of the molecule is O=C1NC/C=C\CCCCCCCCCCO1. The van der Waals surface area contributed by atoms with Crippen molar-refractivity contribution in [2.75, 3.05) is 13.2 Å². The maximum Gasteiger partial charge on any atom is 0.407 e. The minimum Gasteiger partial charge on any atom is -0.450 e. The van der Waals surface area contributed by atoms with Gasteiger partial charge >= 0.3 is 6.09 Å². The molecule has 1 heterocycles. The Hall–Kier alpha value is -0.990. The summed E-state index contributed by atoms with van der Waals surface area (Å²) in [6.45, 7) is 1.13. The predicted molar refractivity (Wildman–Crippen MR) is 70.0 cm³/mol. The number of nitrogens with one attached hydrogen (secondary N) is 1. The van der Waals surface area contributed by atoms with Crippen LogP contribution < -0.4 is 5.32 Å². The first-order valence-electron chi connectivity index (χ1n) is 6.95. The van der Waals surface area contributed by atoms with Crippen molar-refractivity contribution in [2.45, 2.75) is 57.8 Å². The predicted octanol–water partition coefficient (Wildman–Crippen LogP) is 3.79. The van der Waals surface area contributed by atoms with Crippen molar-refractivity contribution in [3.8, 4) is 0 Å². The van der Waals surface area contributed by atoms with Crippen LogP contribution >= 0.6 is 0 Å². The molecule has 0 aromatic carbocycles. The van der Waals surface area contributed by atoms with E-state index in [0.29, 0.717) is 13.2 Å². The summed E-state index contributed by atoms with van der Waals surface area (Å²) in [5.41, 5.74) is 0. The van der Waals surface area contributed by atoms with Crippen LogP contribution in [0.1, 0.15) is 57.8 Å². The molecule has 1 aliphatic heterocycles. The molecule has 98 valence electrons. The molecule has 1 N–H and O–H groups in total. The van der Waals surface area contributed by atoms with Gasteiger partial charge in [0.05, 0.1) is 6.61 Å². The highest BCUT2D eigenvalue weighted by atomic mass is 16.5. The van der Waals surface area contributed by atoms with Crippen LogP contribution in [-0.2, 0) is 4.74 Å². The number of cyclic esters (lactones) is 1. The monoisotopic (exact) mass is 239 g/mol. The number of hydrogen-bond acceptors (Lipinski definition) is 2. The summed E-state index contributed by atoms with van der Waals surface area (Å²) in [5.74, 6) is 0. The zero-order valence-electron chi connectivity index (χ0n) is 10.7. The Morgan fingerprint density at radius 3 is 2.29 bits per heavy atom. The Morgan fingerprint density at radius 1 is 0.882 bits per heavy atom. The molecule has 17 heavy (non-hydrogen) atoms. The highest BCUT2D eigenvalue weighted by molar-refractivity contribution is 5.67. The molecule has 0 bridgehead atoms. The Kier molecular flexibility index (Phi) is 8.43. The Labute approximate surface area is 105 Å². The second kappa shape index (κ2) is 10.2. The molecule has 0 atom stereocenters. The zero-order valence-corrected chi connectivity index (χ0v) is 10.7. The van der Waals surface area contributed by atoms with E-state index in [1.807, 2.05) is 6.08 Å². The van der Waals surface area contributed by atoms with Gasteiger partial charge in [-0.3, -0.25) is 0 Å². The van der Waals surface area contributed by atoms with Crippen LogP contribution in [0.5, 0.6) is 0 Å². The normalized spacial score (nSPS) is 23.4. The second-order valence-corrected chi connectivity index (χ2v) is 4.61. The van der Waals surface area contributed by atoms with Crippen molar-refractivity contribution in [3.05, 3.63) is 12.2 Å². The van der Waals surface area contributed by atoms with Crippen molar-refractivity contribution in [2.24, 2.45) is 0 Å². The van der Waals surface area contributed by atoms with Crippen LogP contribution in [0.4, 0.5) is 4.79 Å². The summed E-state index contributed by atoms with van der Waals surface area (Å²) >= 11 is 0. The number of rotatable bonds is 0. The standard InChI is InChI=1S/C14H25NO2/c16-14-15-12-10-8-6-4-2-1-3-5-7-9-11-13-17-14/h8,10H,1-7,9,11-13H2,(H,15,16)/b10-8-. The number of allylic oxidation sites excluding steroid dienone is 1. The first-order valence-corrected chi connectivity index (χ1v) is 6.95. The minimum atomic E-state index is -0.290. The number of ether oxygens (including phenoxy) is 1. The van der Waals surface area contributed by atoms with Crippen molar-refractivity contribution < 1.29 is 9.53 Å². The van der Waals surface area contributed by atoms with E-state index in [2.05, 4.69) is 11.4 Å². The molecule has 1 aliphatic rings. The van der Waals surface area contributed by atoms with Crippen LogP contribution in [0.15, 0.2) is 12.2 Å². The van der Waals surface area contributed by atoms with Gasteiger partial charge in [0.25, 0.3) is 0 Å². The number of alkyl carbamates (subject to hydrolysis) is 1. The lowest BCUT2D eigenvalue weighted by atomic mass is 10.1. The molecule has 1 rings (SSSR count). The van der Waals surface area contributed by atoms with E-state index in [4.69, 9.17) is 4.74 Å². The summed E-state index contributed by atoms with van der Waals surface area (Å²) in [7, 11) is 0. The van der Waals surface area contributed by atoms with Crippen molar-refractivity contribution >= 4 is 6.09 Å². The van der Waals surface area contributed by atoms with Gasteiger partial charge in [0, 0.05) is 6.54 Å². The van der Waals surface area contributed by atoms with Gasteiger partial charge in [-0.2, -0.15) is 0 Å². The fraction of sp³-hybridized carbons (Fsp3) is 0.786. The first kappa shape index (κ1) is 14.1. The number of amides is 1. The van der Waals surface area contributed by atoms with Gasteiger partial charge in [-0.15, -0.1) is 0 Å². The summed E-state index contributed by atoms with van der Waals surface area (Å²) in [6.07, 6.45) is 15.0. The highest BCUT2D eigenvalue weighted by Gasteiger charge is 1.99. The second-order valence-electron chi connectivity index (χ2n) is 4.61. The average Bonchev–Trinajstić information content (AvgIpc) is 2.32. The summed E-state index contributed by atoms with van der Waals surface area (Å²) in [6, 6.07) is 0. The molecule has 3 nitrogen and oxygen atoms in total. The smallest absolute Gasteiger partial charge is 0.407 e. The third-order valence-corrected chi connectivity index (χ3v) is 3.03. The molecular formula is C14H25NO2. The Morgan fingerprint density at radius 2 is 1.53 bits per heavy atom. The summed E-state index contributed by atoms with van der Waals surface area (Å²) in [5, 5.41) is 2.72.